The molecule has 0 saturated carbocycles. The predicted molar refractivity (Wildman–Crippen MR) is 79.1 cm³/mol. The number of aliphatic hydroxyl groups excluding tert-OH is 1. The van der Waals surface area contributed by atoms with E-state index in [9.17, 15) is 13.5 Å². The second-order valence-electron chi connectivity index (χ2n) is 5.11. The molecule has 0 unspecified atom stereocenters. The van der Waals surface area contributed by atoms with Crippen LogP contribution in [0.1, 0.15) is 17.2 Å². The average molecular weight is 304 g/mol. The summed E-state index contributed by atoms with van der Waals surface area (Å²) in [7, 11) is -2.06. The molecule has 0 radical (unpaired) electrons. The molecule has 0 spiro atoms. The summed E-state index contributed by atoms with van der Waals surface area (Å²) in [6.45, 7) is 0. The number of methoxy groups -OCH3 is 1. The van der Waals surface area contributed by atoms with Crippen LogP contribution in [0.25, 0.3) is 0 Å². The van der Waals surface area contributed by atoms with Crippen molar-refractivity contribution < 1.29 is 18.3 Å². The van der Waals surface area contributed by atoms with E-state index in [1.165, 1.54) is 19.2 Å². The first-order valence-electron chi connectivity index (χ1n) is 6.68. The fraction of sp³-hybridized carbons (Fsp3) is 0.250. The van der Waals surface area contributed by atoms with Gasteiger partial charge in [0.2, 0.25) is 0 Å². The molecular weight excluding hydrogens is 288 g/mol. The van der Waals surface area contributed by atoms with E-state index in [1.807, 2.05) is 18.2 Å². The summed E-state index contributed by atoms with van der Waals surface area (Å²) < 4.78 is 30.5. The van der Waals surface area contributed by atoms with E-state index in [1.54, 1.807) is 18.2 Å². The van der Waals surface area contributed by atoms with Crippen molar-refractivity contribution in [1.29, 1.82) is 0 Å². The van der Waals surface area contributed by atoms with Crippen LogP contribution in [-0.4, -0.2) is 25.9 Å². The third-order valence-electron chi connectivity index (χ3n) is 3.93. The molecule has 2 aromatic rings. The van der Waals surface area contributed by atoms with Gasteiger partial charge in [0.25, 0.3) is 0 Å². The van der Waals surface area contributed by atoms with Gasteiger partial charge in [-0.05, 0) is 41.8 Å². The van der Waals surface area contributed by atoms with Crippen LogP contribution < -0.4 is 4.74 Å². The third kappa shape index (κ3) is 2.32. The van der Waals surface area contributed by atoms with Gasteiger partial charge in [-0.25, -0.2) is 8.42 Å². The van der Waals surface area contributed by atoms with E-state index in [0.29, 0.717) is 17.7 Å². The van der Waals surface area contributed by atoms with Gasteiger partial charge in [0, 0.05) is 0 Å². The number of aliphatic hydroxyl groups is 1. The zero-order valence-corrected chi connectivity index (χ0v) is 12.4. The first-order valence-corrected chi connectivity index (χ1v) is 8.22. The minimum absolute atomic E-state index is 0.208. The second kappa shape index (κ2) is 5.16. The van der Waals surface area contributed by atoms with Gasteiger partial charge in [-0.1, -0.05) is 24.3 Å². The van der Waals surface area contributed by atoms with Crippen molar-refractivity contribution in [2.45, 2.75) is 22.7 Å². The summed E-state index contributed by atoms with van der Waals surface area (Å²) in [5.41, 5.74) is 1.60. The molecule has 3 rings (SSSR count). The van der Waals surface area contributed by atoms with Crippen molar-refractivity contribution >= 4 is 9.84 Å². The van der Waals surface area contributed by atoms with Crippen LogP contribution in [0.5, 0.6) is 5.75 Å². The second-order valence-corrected chi connectivity index (χ2v) is 7.27. The molecule has 0 amide bonds. The number of rotatable bonds is 3. The Morgan fingerprint density at radius 3 is 2.38 bits per heavy atom. The van der Waals surface area contributed by atoms with E-state index in [4.69, 9.17) is 4.74 Å². The van der Waals surface area contributed by atoms with Gasteiger partial charge >= 0.3 is 0 Å². The summed E-state index contributed by atoms with van der Waals surface area (Å²) in [6, 6.07) is 13.6. The SMILES string of the molecule is COc1ccc(S(=O)(=O)[C@H]2Cc3ccccc3[C@H]2O)cc1. The van der Waals surface area contributed by atoms with Crippen molar-refractivity contribution in [2.75, 3.05) is 7.11 Å². The van der Waals surface area contributed by atoms with Crippen LogP contribution in [-0.2, 0) is 16.3 Å². The molecule has 0 bridgehead atoms. The van der Waals surface area contributed by atoms with E-state index in [2.05, 4.69) is 0 Å². The zero-order chi connectivity index (χ0) is 15.0. The van der Waals surface area contributed by atoms with Crippen molar-refractivity contribution in [3.8, 4) is 5.75 Å². The Kier molecular flexibility index (Phi) is 3.47. The summed E-state index contributed by atoms with van der Waals surface area (Å²) in [5, 5.41) is 9.50. The maximum Gasteiger partial charge on any atom is 0.184 e. The highest BCUT2D eigenvalue weighted by Crippen LogP contribution is 2.37. The number of hydrogen-bond acceptors (Lipinski definition) is 4. The van der Waals surface area contributed by atoms with Gasteiger partial charge in [0.1, 0.15) is 5.75 Å². The molecule has 2 atom stereocenters. The lowest BCUT2D eigenvalue weighted by molar-refractivity contribution is 0.182. The number of sulfone groups is 1. The molecular formula is C16H16O4S. The molecule has 1 aliphatic carbocycles. The Morgan fingerprint density at radius 1 is 1.10 bits per heavy atom. The largest absolute Gasteiger partial charge is 0.497 e. The van der Waals surface area contributed by atoms with Crippen LogP contribution in [0.15, 0.2) is 53.4 Å². The normalized spacial score (nSPS) is 21.0. The van der Waals surface area contributed by atoms with Crippen molar-refractivity contribution in [2.24, 2.45) is 0 Å². The lowest BCUT2D eigenvalue weighted by Crippen LogP contribution is -2.25. The third-order valence-corrected chi connectivity index (χ3v) is 6.08. The number of fused-ring (bicyclic) bond motifs is 1. The lowest BCUT2D eigenvalue weighted by atomic mass is 10.1. The molecule has 0 aromatic heterocycles. The fourth-order valence-electron chi connectivity index (χ4n) is 2.76. The Hall–Kier alpha value is -1.85. The molecule has 0 fully saturated rings. The zero-order valence-electron chi connectivity index (χ0n) is 11.6. The van der Waals surface area contributed by atoms with Crippen LogP contribution in [0.2, 0.25) is 0 Å². The van der Waals surface area contributed by atoms with Crippen LogP contribution in [0.3, 0.4) is 0 Å². The van der Waals surface area contributed by atoms with E-state index >= 15 is 0 Å². The minimum Gasteiger partial charge on any atom is -0.497 e. The summed E-state index contributed by atoms with van der Waals surface area (Å²) in [6.07, 6.45) is -0.639. The molecule has 1 aliphatic rings. The molecule has 110 valence electrons. The first kappa shape index (κ1) is 14.1. The molecule has 4 nitrogen and oxygen atoms in total. The number of hydrogen-bond donors (Lipinski definition) is 1. The minimum atomic E-state index is -3.59. The molecule has 2 aromatic carbocycles. The standard InChI is InChI=1S/C16H16O4S/c1-20-12-6-8-13(9-7-12)21(18,19)15-10-11-4-2-3-5-14(11)16(15)17/h2-9,15-17H,10H2,1H3/t15-,16+/m0/s1. The molecule has 0 saturated heterocycles. The highest BCUT2D eigenvalue weighted by molar-refractivity contribution is 7.92. The van der Waals surface area contributed by atoms with E-state index in [-0.39, 0.29) is 4.90 Å². The Balaban J connectivity index is 1.96. The summed E-state index contributed by atoms with van der Waals surface area (Å²) in [5.74, 6) is 0.601. The number of ether oxygens (including phenoxy) is 1. The monoisotopic (exact) mass is 304 g/mol. The quantitative estimate of drug-likeness (QED) is 0.943. The maximum atomic E-state index is 12.7. The maximum absolute atomic E-state index is 12.7. The highest BCUT2D eigenvalue weighted by Gasteiger charge is 2.40. The van der Waals surface area contributed by atoms with Gasteiger partial charge in [0.05, 0.1) is 23.4 Å². The summed E-state index contributed by atoms with van der Waals surface area (Å²) in [4.78, 5) is 0.208. The highest BCUT2D eigenvalue weighted by atomic mass is 32.2. The smallest absolute Gasteiger partial charge is 0.184 e. The van der Waals surface area contributed by atoms with Gasteiger partial charge in [0.15, 0.2) is 9.84 Å². The van der Waals surface area contributed by atoms with Crippen molar-refractivity contribution in [3.63, 3.8) is 0 Å². The molecule has 5 heteroatoms. The van der Waals surface area contributed by atoms with Crippen molar-refractivity contribution in [3.05, 3.63) is 59.7 Å². The molecule has 21 heavy (non-hydrogen) atoms. The number of benzene rings is 2. The lowest BCUT2D eigenvalue weighted by Gasteiger charge is -2.16. The van der Waals surface area contributed by atoms with Crippen LogP contribution in [0.4, 0.5) is 0 Å². The first-order chi connectivity index (χ1) is 10.0. The van der Waals surface area contributed by atoms with Crippen molar-refractivity contribution in [1.82, 2.24) is 0 Å². The molecule has 0 heterocycles. The fourth-order valence-corrected chi connectivity index (χ4v) is 4.51. The molecule has 0 aliphatic heterocycles. The van der Waals surface area contributed by atoms with Gasteiger partial charge in [-0.3, -0.25) is 0 Å². The van der Waals surface area contributed by atoms with E-state index < -0.39 is 21.2 Å². The topological polar surface area (TPSA) is 63.6 Å². The van der Waals surface area contributed by atoms with Gasteiger partial charge < -0.3 is 9.84 Å². The summed E-state index contributed by atoms with van der Waals surface area (Å²) >= 11 is 0. The van der Waals surface area contributed by atoms with E-state index in [0.717, 1.165) is 5.56 Å². The van der Waals surface area contributed by atoms with Crippen LogP contribution >= 0.6 is 0 Å². The Morgan fingerprint density at radius 2 is 1.76 bits per heavy atom. The predicted octanol–water partition coefficient (Wildman–Crippen LogP) is 2.13. The van der Waals surface area contributed by atoms with Gasteiger partial charge in [-0.2, -0.15) is 0 Å². The van der Waals surface area contributed by atoms with Gasteiger partial charge in [-0.15, -0.1) is 0 Å². The Labute approximate surface area is 123 Å². The Bertz CT molecular complexity index is 750. The van der Waals surface area contributed by atoms with Crippen LogP contribution in [0, 0.1) is 0 Å². The molecule has 1 N–H and O–H groups in total. The average Bonchev–Trinajstić information content (AvgIpc) is 2.86.